The summed E-state index contributed by atoms with van der Waals surface area (Å²) in [5.74, 6) is -0.548. The van der Waals surface area contributed by atoms with E-state index >= 15 is 0 Å². The molecule has 0 spiro atoms. The number of nitrogens with zero attached hydrogens (tertiary/aromatic N) is 1. The van der Waals surface area contributed by atoms with Gasteiger partial charge in [-0.1, -0.05) is 42.0 Å². The molecule has 3 amide bonds. The summed E-state index contributed by atoms with van der Waals surface area (Å²) in [7, 11) is 0. The number of aryl methyl sites for hydroxylation is 2. The fourth-order valence-corrected chi connectivity index (χ4v) is 4.11. The SMILES string of the molecule is C=CCNC(=O)C(NC(=O)c1cccc(C)c1)C1CCN(C(=O)c2ccccc2C)CC1. The van der Waals surface area contributed by atoms with E-state index < -0.39 is 6.04 Å². The zero-order valence-corrected chi connectivity index (χ0v) is 18.8. The van der Waals surface area contributed by atoms with Crippen LogP contribution in [0.4, 0.5) is 0 Å². The molecule has 0 bridgehead atoms. The highest BCUT2D eigenvalue weighted by Gasteiger charge is 2.34. The smallest absolute Gasteiger partial charge is 0.254 e. The lowest BCUT2D eigenvalue weighted by Gasteiger charge is -2.36. The van der Waals surface area contributed by atoms with Gasteiger partial charge in [-0.2, -0.15) is 0 Å². The van der Waals surface area contributed by atoms with E-state index in [2.05, 4.69) is 17.2 Å². The molecule has 2 aromatic rings. The van der Waals surface area contributed by atoms with Gasteiger partial charge in [0.15, 0.2) is 0 Å². The first-order chi connectivity index (χ1) is 15.4. The van der Waals surface area contributed by atoms with Gasteiger partial charge in [-0.05, 0) is 56.4 Å². The normalized spacial score (nSPS) is 15.0. The lowest BCUT2D eigenvalue weighted by Crippen LogP contribution is -2.53. The van der Waals surface area contributed by atoms with Crippen molar-refractivity contribution in [3.05, 3.63) is 83.4 Å². The molecule has 2 aromatic carbocycles. The number of carbonyl (C=O) groups excluding carboxylic acids is 3. The number of likely N-dealkylation sites (tertiary alicyclic amines) is 1. The standard InChI is InChI=1S/C26H31N3O3/c1-4-14-27-25(31)23(28-24(30)21-10-7-8-18(2)17-21)20-12-15-29(16-13-20)26(32)22-11-6-5-9-19(22)3/h4-11,17,20,23H,1,12-16H2,2-3H3,(H,27,31)(H,28,30). The number of nitrogens with one attached hydrogen (secondary N) is 2. The van der Waals surface area contributed by atoms with Crippen LogP contribution in [0.2, 0.25) is 0 Å². The number of benzene rings is 2. The Balaban J connectivity index is 1.70. The average Bonchev–Trinajstić information content (AvgIpc) is 2.81. The average molecular weight is 434 g/mol. The van der Waals surface area contributed by atoms with Crippen molar-refractivity contribution in [1.82, 2.24) is 15.5 Å². The van der Waals surface area contributed by atoms with Crippen LogP contribution in [0.25, 0.3) is 0 Å². The molecule has 1 aliphatic rings. The minimum atomic E-state index is -0.668. The fraction of sp³-hybridized carbons (Fsp3) is 0.346. The quantitative estimate of drug-likeness (QED) is 0.658. The maximum Gasteiger partial charge on any atom is 0.254 e. The first kappa shape index (κ1) is 23.3. The molecule has 1 unspecified atom stereocenters. The minimum Gasteiger partial charge on any atom is -0.351 e. The van der Waals surface area contributed by atoms with Gasteiger partial charge in [-0.15, -0.1) is 6.58 Å². The summed E-state index contributed by atoms with van der Waals surface area (Å²) in [6.45, 7) is 8.92. The van der Waals surface area contributed by atoms with Crippen LogP contribution in [-0.4, -0.2) is 48.3 Å². The second kappa shape index (κ2) is 10.8. The molecule has 0 radical (unpaired) electrons. The van der Waals surface area contributed by atoms with E-state index in [1.807, 2.05) is 55.1 Å². The summed E-state index contributed by atoms with van der Waals surface area (Å²) in [6.07, 6.45) is 2.89. The molecular formula is C26H31N3O3. The molecule has 1 saturated heterocycles. The number of rotatable bonds is 7. The number of carbonyl (C=O) groups is 3. The van der Waals surface area contributed by atoms with Crippen molar-refractivity contribution in [2.45, 2.75) is 32.7 Å². The second-order valence-electron chi connectivity index (χ2n) is 8.30. The van der Waals surface area contributed by atoms with Gasteiger partial charge in [0.1, 0.15) is 6.04 Å². The van der Waals surface area contributed by atoms with E-state index in [9.17, 15) is 14.4 Å². The van der Waals surface area contributed by atoms with Gasteiger partial charge in [0.25, 0.3) is 11.8 Å². The summed E-state index contributed by atoms with van der Waals surface area (Å²) in [5.41, 5.74) is 3.16. The van der Waals surface area contributed by atoms with Crippen LogP contribution >= 0.6 is 0 Å². The first-order valence-electron chi connectivity index (χ1n) is 11.0. The highest BCUT2D eigenvalue weighted by Crippen LogP contribution is 2.24. The molecule has 168 valence electrons. The zero-order chi connectivity index (χ0) is 23.1. The van der Waals surface area contributed by atoms with Crippen LogP contribution in [0.3, 0.4) is 0 Å². The maximum absolute atomic E-state index is 12.9. The van der Waals surface area contributed by atoms with Crippen LogP contribution in [0.15, 0.2) is 61.2 Å². The van der Waals surface area contributed by atoms with Gasteiger partial charge in [0.05, 0.1) is 0 Å². The third-order valence-electron chi connectivity index (χ3n) is 5.94. The van der Waals surface area contributed by atoms with E-state index in [0.717, 1.165) is 11.1 Å². The molecule has 2 N–H and O–H groups in total. The van der Waals surface area contributed by atoms with E-state index in [1.54, 1.807) is 18.2 Å². The molecule has 0 saturated carbocycles. The molecule has 1 aliphatic heterocycles. The molecule has 1 heterocycles. The number of amides is 3. The van der Waals surface area contributed by atoms with Crippen LogP contribution in [0.5, 0.6) is 0 Å². The van der Waals surface area contributed by atoms with Crippen molar-refractivity contribution in [1.29, 1.82) is 0 Å². The van der Waals surface area contributed by atoms with E-state index in [0.29, 0.717) is 43.6 Å². The van der Waals surface area contributed by atoms with Gasteiger partial charge in [0, 0.05) is 30.8 Å². The van der Waals surface area contributed by atoms with E-state index in [-0.39, 0.29) is 23.6 Å². The molecule has 3 rings (SSSR count). The van der Waals surface area contributed by atoms with Crippen molar-refractivity contribution in [2.24, 2.45) is 5.92 Å². The third-order valence-corrected chi connectivity index (χ3v) is 5.94. The minimum absolute atomic E-state index is 0.0120. The first-order valence-corrected chi connectivity index (χ1v) is 11.0. The molecular weight excluding hydrogens is 402 g/mol. The summed E-state index contributed by atoms with van der Waals surface area (Å²) < 4.78 is 0. The number of piperidine rings is 1. The van der Waals surface area contributed by atoms with E-state index in [4.69, 9.17) is 0 Å². The van der Waals surface area contributed by atoms with Gasteiger partial charge < -0.3 is 15.5 Å². The number of hydrogen-bond donors (Lipinski definition) is 2. The number of hydrogen-bond acceptors (Lipinski definition) is 3. The van der Waals surface area contributed by atoms with Crippen molar-refractivity contribution < 1.29 is 14.4 Å². The van der Waals surface area contributed by atoms with E-state index in [1.165, 1.54) is 0 Å². The summed E-state index contributed by atoms with van der Waals surface area (Å²) in [5, 5.41) is 5.75. The molecule has 6 heteroatoms. The van der Waals surface area contributed by atoms with Crippen LogP contribution in [0, 0.1) is 19.8 Å². The van der Waals surface area contributed by atoms with Crippen LogP contribution in [0.1, 0.15) is 44.7 Å². The van der Waals surface area contributed by atoms with Crippen LogP contribution < -0.4 is 10.6 Å². The highest BCUT2D eigenvalue weighted by atomic mass is 16.2. The topological polar surface area (TPSA) is 78.5 Å². The second-order valence-corrected chi connectivity index (χ2v) is 8.30. The predicted molar refractivity (Wildman–Crippen MR) is 125 cm³/mol. The van der Waals surface area contributed by atoms with Gasteiger partial charge in [-0.3, -0.25) is 14.4 Å². The molecule has 1 fully saturated rings. The largest absolute Gasteiger partial charge is 0.351 e. The molecule has 32 heavy (non-hydrogen) atoms. The monoisotopic (exact) mass is 433 g/mol. The van der Waals surface area contributed by atoms with Crippen molar-refractivity contribution in [3.8, 4) is 0 Å². The summed E-state index contributed by atoms with van der Waals surface area (Å²) in [4.78, 5) is 40.5. The van der Waals surface area contributed by atoms with Gasteiger partial charge >= 0.3 is 0 Å². The van der Waals surface area contributed by atoms with Crippen molar-refractivity contribution >= 4 is 17.7 Å². The molecule has 6 nitrogen and oxygen atoms in total. The molecule has 0 aliphatic carbocycles. The summed E-state index contributed by atoms with van der Waals surface area (Å²) >= 11 is 0. The fourth-order valence-electron chi connectivity index (χ4n) is 4.11. The molecule has 1 atom stereocenters. The van der Waals surface area contributed by atoms with Crippen molar-refractivity contribution in [2.75, 3.05) is 19.6 Å². The van der Waals surface area contributed by atoms with Crippen molar-refractivity contribution in [3.63, 3.8) is 0 Å². The van der Waals surface area contributed by atoms with Crippen LogP contribution in [-0.2, 0) is 4.79 Å². The lowest BCUT2D eigenvalue weighted by molar-refractivity contribution is -0.124. The maximum atomic E-state index is 12.9. The van der Waals surface area contributed by atoms with Gasteiger partial charge in [0.2, 0.25) is 5.91 Å². The summed E-state index contributed by atoms with van der Waals surface area (Å²) in [6, 6.07) is 14.2. The van der Waals surface area contributed by atoms with Gasteiger partial charge in [-0.25, -0.2) is 0 Å². The Morgan fingerprint density at radius 2 is 1.81 bits per heavy atom. The Hall–Kier alpha value is -3.41. The Kier molecular flexibility index (Phi) is 7.82. The Bertz CT molecular complexity index is 993. The third kappa shape index (κ3) is 5.63. The Labute approximate surface area is 189 Å². The predicted octanol–water partition coefficient (Wildman–Crippen LogP) is 3.26. The zero-order valence-electron chi connectivity index (χ0n) is 18.8. The highest BCUT2D eigenvalue weighted by molar-refractivity contribution is 5.98. The Morgan fingerprint density at radius 1 is 1.09 bits per heavy atom. The lowest BCUT2D eigenvalue weighted by atomic mass is 9.88. The Morgan fingerprint density at radius 3 is 2.47 bits per heavy atom. The molecule has 0 aromatic heterocycles.